The highest BCUT2D eigenvalue weighted by molar-refractivity contribution is 7.88. The van der Waals surface area contributed by atoms with Gasteiger partial charge in [-0.15, -0.1) is 0 Å². The number of hydrogen-bond acceptors (Lipinski definition) is 2. The number of carbonyl (C=O) groups excluding carboxylic acids is 1. The van der Waals surface area contributed by atoms with E-state index in [0.717, 1.165) is 23.2 Å². The second-order valence-corrected chi connectivity index (χ2v) is 8.57. The number of benzene rings is 1. The molecule has 4 heteroatoms. The lowest BCUT2D eigenvalue weighted by Gasteiger charge is -2.43. The molecule has 0 radical (unpaired) electrons. The van der Waals surface area contributed by atoms with Crippen LogP contribution in [0.25, 0.3) is 0 Å². The van der Waals surface area contributed by atoms with E-state index in [1.54, 1.807) is 11.9 Å². The zero-order valence-corrected chi connectivity index (χ0v) is 14.5. The summed E-state index contributed by atoms with van der Waals surface area (Å²) in [6, 6.07) is 7.86. The van der Waals surface area contributed by atoms with Crippen molar-refractivity contribution in [2.75, 3.05) is 11.9 Å². The largest absolute Gasteiger partial charge is 0.314 e. The van der Waals surface area contributed by atoms with Crippen LogP contribution in [0.5, 0.6) is 0 Å². The number of para-hydroxylation sites is 1. The van der Waals surface area contributed by atoms with E-state index in [1.807, 2.05) is 38.1 Å². The molecule has 0 N–H and O–H groups in total. The first-order valence-corrected chi connectivity index (χ1v) is 8.96. The van der Waals surface area contributed by atoms with E-state index in [2.05, 4.69) is 13.5 Å². The van der Waals surface area contributed by atoms with Crippen molar-refractivity contribution in [1.29, 1.82) is 0 Å². The molecule has 0 aromatic heterocycles. The minimum Gasteiger partial charge on any atom is -0.314 e. The number of anilines is 1. The third-order valence-electron chi connectivity index (χ3n) is 5.82. The molecule has 3 nitrogen and oxygen atoms in total. The molecule has 4 atom stereocenters. The summed E-state index contributed by atoms with van der Waals surface area (Å²) in [4.78, 5) is 15.0. The van der Waals surface area contributed by atoms with Crippen LogP contribution in [-0.2, 0) is 15.6 Å². The molecule has 3 rings (SSSR count). The Morgan fingerprint density at radius 1 is 1.45 bits per heavy atom. The van der Waals surface area contributed by atoms with Crippen LogP contribution in [0.2, 0.25) is 0 Å². The molecule has 0 spiro atoms. The van der Waals surface area contributed by atoms with Crippen molar-refractivity contribution in [2.45, 2.75) is 43.6 Å². The van der Waals surface area contributed by atoms with Crippen molar-refractivity contribution in [1.82, 2.24) is 0 Å². The first-order chi connectivity index (χ1) is 10.3. The van der Waals surface area contributed by atoms with Gasteiger partial charge in [-0.2, -0.15) is 0 Å². The Labute approximate surface area is 134 Å². The lowest BCUT2D eigenvalue weighted by Crippen LogP contribution is -2.56. The fraction of sp³-hybridized carbons (Fsp3) is 0.500. The summed E-state index contributed by atoms with van der Waals surface area (Å²) in [7, 11) is 0.552. The minimum atomic E-state index is -1.25. The summed E-state index contributed by atoms with van der Waals surface area (Å²) in [5, 5.41) is -0.105. The van der Waals surface area contributed by atoms with Crippen molar-refractivity contribution in [3.8, 4) is 0 Å². The zero-order valence-electron chi connectivity index (χ0n) is 13.7. The van der Waals surface area contributed by atoms with Gasteiger partial charge in [-0.1, -0.05) is 44.2 Å². The molecular formula is C18H23NO2S. The average Bonchev–Trinajstić information content (AvgIpc) is 2.72. The molecule has 0 aliphatic carbocycles. The first kappa shape index (κ1) is 15.5. The normalized spacial score (nSPS) is 36.9. The number of rotatable bonds is 2. The van der Waals surface area contributed by atoms with Crippen molar-refractivity contribution >= 4 is 22.4 Å². The lowest BCUT2D eigenvalue weighted by atomic mass is 9.66. The maximum atomic E-state index is 13.4. The van der Waals surface area contributed by atoms with Crippen LogP contribution in [0.15, 0.2) is 36.4 Å². The van der Waals surface area contributed by atoms with Crippen LogP contribution in [0, 0.1) is 5.41 Å². The summed E-state index contributed by atoms with van der Waals surface area (Å²) in [6.45, 7) is 10.1. The summed E-state index contributed by atoms with van der Waals surface area (Å²) < 4.78 is 12.5. The molecule has 2 aliphatic heterocycles. The van der Waals surface area contributed by atoms with E-state index < -0.39 is 21.0 Å². The van der Waals surface area contributed by atoms with Gasteiger partial charge in [0.1, 0.15) is 4.75 Å². The van der Waals surface area contributed by atoms with Crippen LogP contribution in [0.3, 0.4) is 0 Å². The fourth-order valence-electron chi connectivity index (χ4n) is 4.27. The summed E-state index contributed by atoms with van der Waals surface area (Å²) in [6.07, 6.45) is 1.29. The van der Waals surface area contributed by atoms with E-state index >= 15 is 0 Å². The lowest BCUT2D eigenvalue weighted by molar-refractivity contribution is -0.123. The number of nitrogens with zero attached hydrogens (tertiary/aromatic N) is 1. The summed E-state index contributed by atoms with van der Waals surface area (Å²) in [5.41, 5.74) is 2.43. The van der Waals surface area contributed by atoms with E-state index in [9.17, 15) is 9.00 Å². The van der Waals surface area contributed by atoms with Crippen molar-refractivity contribution in [2.24, 2.45) is 5.41 Å². The van der Waals surface area contributed by atoms with Gasteiger partial charge in [0, 0.05) is 28.9 Å². The van der Waals surface area contributed by atoms with Gasteiger partial charge in [0.05, 0.1) is 5.25 Å². The van der Waals surface area contributed by atoms with Crippen molar-refractivity contribution in [3.63, 3.8) is 0 Å². The van der Waals surface area contributed by atoms with Crippen molar-refractivity contribution in [3.05, 3.63) is 42.0 Å². The fourth-order valence-corrected chi connectivity index (χ4v) is 6.97. The maximum Gasteiger partial charge on any atom is 0.246 e. The summed E-state index contributed by atoms with van der Waals surface area (Å²) >= 11 is 0. The minimum absolute atomic E-state index is 0.0358. The topological polar surface area (TPSA) is 37.4 Å². The Balaban J connectivity index is 2.35. The maximum absolute atomic E-state index is 13.4. The van der Waals surface area contributed by atoms with Crippen LogP contribution in [0.1, 0.15) is 44.4 Å². The predicted molar refractivity (Wildman–Crippen MR) is 91.3 cm³/mol. The Kier molecular flexibility index (Phi) is 3.37. The third-order valence-corrected chi connectivity index (χ3v) is 8.36. The second kappa shape index (κ2) is 4.79. The van der Waals surface area contributed by atoms with E-state index in [-0.39, 0.29) is 11.2 Å². The number of hydrogen-bond donors (Lipinski definition) is 0. The van der Waals surface area contributed by atoms with Crippen LogP contribution < -0.4 is 4.90 Å². The highest BCUT2D eigenvalue weighted by atomic mass is 32.2. The molecule has 118 valence electrons. The Morgan fingerprint density at radius 3 is 2.68 bits per heavy atom. The van der Waals surface area contributed by atoms with E-state index in [4.69, 9.17) is 0 Å². The molecule has 2 bridgehead atoms. The Bertz CT molecular complexity index is 698. The Morgan fingerprint density at radius 2 is 2.09 bits per heavy atom. The molecule has 2 heterocycles. The van der Waals surface area contributed by atoms with Crippen LogP contribution in [-0.4, -0.2) is 21.9 Å². The molecule has 1 aromatic carbocycles. The van der Waals surface area contributed by atoms with Crippen LogP contribution in [0.4, 0.5) is 5.69 Å². The van der Waals surface area contributed by atoms with Gasteiger partial charge in [0.25, 0.3) is 0 Å². The van der Waals surface area contributed by atoms with Gasteiger partial charge in [0.15, 0.2) is 0 Å². The molecule has 1 unspecified atom stereocenters. The first-order valence-electron chi connectivity index (χ1n) is 7.75. The van der Waals surface area contributed by atoms with Gasteiger partial charge in [-0.3, -0.25) is 9.00 Å². The smallest absolute Gasteiger partial charge is 0.246 e. The highest BCUT2D eigenvalue weighted by Crippen LogP contribution is 2.62. The molecule has 0 saturated carbocycles. The number of amides is 1. The Hall–Kier alpha value is -1.42. The summed E-state index contributed by atoms with van der Waals surface area (Å²) in [5.74, 6) is -0.0358. The third kappa shape index (κ3) is 1.56. The van der Waals surface area contributed by atoms with Gasteiger partial charge in [0.2, 0.25) is 5.91 Å². The number of carbonyl (C=O) groups is 1. The molecule has 1 amide bonds. The second-order valence-electron chi connectivity index (χ2n) is 6.71. The van der Waals surface area contributed by atoms with E-state index in [0.29, 0.717) is 6.42 Å². The molecule has 1 aromatic rings. The standard InChI is InChI=1S/C18H23NO2S/c1-6-18-16(20)19(5)14-10-8-7-9-13(14)15(22(18)21)11-17(18,4)12(2)3/h7-10,15H,2,6,11H2,1,3-5H3/t15-,17-,18-,22?/m1/s1. The van der Waals surface area contributed by atoms with Gasteiger partial charge in [-0.05, 0) is 31.4 Å². The van der Waals surface area contributed by atoms with E-state index in [1.165, 1.54) is 0 Å². The zero-order chi connectivity index (χ0) is 16.3. The highest BCUT2D eigenvalue weighted by Gasteiger charge is 2.67. The van der Waals surface area contributed by atoms with Gasteiger partial charge >= 0.3 is 0 Å². The molecule has 22 heavy (non-hydrogen) atoms. The average molecular weight is 317 g/mol. The quantitative estimate of drug-likeness (QED) is 0.782. The number of allylic oxidation sites excluding steroid dienone is 1. The molecule has 2 aliphatic rings. The predicted octanol–water partition coefficient (Wildman–Crippen LogP) is 3.59. The van der Waals surface area contributed by atoms with Crippen LogP contribution >= 0.6 is 0 Å². The SMILES string of the molecule is C=C(C)[C@@]1(C)C[C@@H]2c3ccccc3N(C)C(=O)[C@@]1(CC)S2=O. The van der Waals surface area contributed by atoms with Gasteiger partial charge < -0.3 is 4.90 Å². The molecule has 1 fully saturated rings. The molecule has 1 saturated heterocycles. The van der Waals surface area contributed by atoms with Gasteiger partial charge in [-0.25, -0.2) is 0 Å². The van der Waals surface area contributed by atoms with Crippen molar-refractivity contribution < 1.29 is 9.00 Å². The number of fused-ring (bicyclic) bond motifs is 4. The molecular weight excluding hydrogens is 294 g/mol. The monoisotopic (exact) mass is 317 g/mol.